The van der Waals surface area contributed by atoms with E-state index < -0.39 is 23.5 Å². The monoisotopic (exact) mass is 418 g/mol. The van der Waals surface area contributed by atoms with Crippen LogP contribution in [0.2, 0.25) is 0 Å². The largest absolute Gasteiger partial charge is 0.460 e. The number of esters is 1. The van der Waals surface area contributed by atoms with Gasteiger partial charge in [0.1, 0.15) is 11.9 Å². The second-order valence-corrected chi connectivity index (χ2v) is 8.94. The molecule has 1 aliphatic carbocycles. The third-order valence-corrected chi connectivity index (χ3v) is 5.15. The maximum Gasteiger partial charge on any atom is 0.338 e. The van der Waals surface area contributed by atoms with E-state index in [1.54, 1.807) is 20.8 Å². The van der Waals surface area contributed by atoms with Crippen LogP contribution in [0.3, 0.4) is 0 Å². The van der Waals surface area contributed by atoms with E-state index in [0.717, 1.165) is 12.8 Å². The Morgan fingerprint density at radius 1 is 1.20 bits per heavy atom. The summed E-state index contributed by atoms with van der Waals surface area (Å²) in [5.74, 6) is -0.905. The van der Waals surface area contributed by atoms with E-state index >= 15 is 0 Å². The van der Waals surface area contributed by atoms with Gasteiger partial charge in [-0.3, -0.25) is 4.79 Å². The number of oxime groups is 1. The molecule has 1 aromatic rings. The van der Waals surface area contributed by atoms with Gasteiger partial charge in [-0.05, 0) is 33.1 Å². The number of nitrogens with zero attached hydrogens (tertiary/aromatic N) is 3. The van der Waals surface area contributed by atoms with E-state index in [9.17, 15) is 9.59 Å². The second-order valence-electron chi connectivity index (χ2n) is 8.94. The maximum atomic E-state index is 12.6. The highest BCUT2D eigenvalue weighted by molar-refractivity contribution is 5.96. The fourth-order valence-corrected chi connectivity index (χ4v) is 3.67. The van der Waals surface area contributed by atoms with Crippen molar-refractivity contribution in [1.82, 2.24) is 9.97 Å². The standard InChI is InChI=1S/C22H34N4O4/c1-22(2,3)29-19(27)12-17(11-7-10-16-8-5-4-6-9-16)21(28)30-26-20(23)18-13-24-15-25-14-18/h13-17H,4-12H2,1-3H3,(H2,23,26)/t17-/m1/s1. The molecule has 1 atom stereocenters. The average Bonchev–Trinajstić information content (AvgIpc) is 2.71. The quantitative estimate of drug-likeness (QED) is 0.213. The molecule has 0 radical (unpaired) electrons. The van der Waals surface area contributed by atoms with E-state index in [1.165, 1.54) is 50.8 Å². The lowest BCUT2D eigenvalue weighted by molar-refractivity contribution is -0.161. The van der Waals surface area contributed by atoms with Crippen molar-refractivity contribution >= 4 is 17.8 Å². The predicted molar refractivity (Wildman–Crippen MR) is 113 cm³/mol. The Morgan fingerprint density at radius 3 is 2.50 bits per heavy atom. The van der Waals surface area contributed by atoms with Crippen molar-refractivity contribution < 1.29 is 19.2 Å². The first-order chi connectivity index (χ1) is 14.2. The SMILES string of the molecule is CC(C)(C)OC(=O)C[C@@H](CCCC1CCCCC1)C(=O)O/N=C(\N)c1cncnc1. The van der Waals surface area contributed by atoms with Crippen LogP contribution >= 0.6 is 0 Å². The second kappa shape index (κ2) is 11.6. The molecule has 2 rings (SSSR count). The molecule has 8 heteroatoms. The Bertz CT molecular complexity index is 710. The van der Waals surface area contributed by atoms with E-state index in [4.69, 9.17) is 15.3 Å². The van der Waals surface area contributed by atoms with Crippen LogP contribution < -0.4 is 5.73 Å². The van der Waals surface area contributed by atoms with Gasteiger partial charge in [0, 0.05) is 12.4 Å². The van der Waals surface area contributed by atoms with E-state index in [1.807, 2.05) is 0 Å². The first-order valence-electron chi connectivity index (χ1n) is 10.8. The Labute approximate surface area is 178 Å². The van der Waals surface area contributed by atoms with Crippen LogP contribution in [0.25, 0.3) is 0 Å². The lowest BCUT2D eigenvalue weighted by Crippen LogP contribution is -2.28. The van der Waals surface area contributed by atoms with Crippen molar-refractivity contribution in [3.05, 3.63) is 24.3 Å². The van der Waals surface area contributed by atoms with Gasteiger partial charge in [0.2, 0.25) is 0 Å². The molecule has 0 bridgehead atoms. The average molecular weight is 419 g/mol. The zero-order valence-electron chi connectivity index (χ0n) is 18.3. The molecule has 0 amide bonds. The fraction of sp³-hybridized carbons (Fsp3) is 0.682. The molecular weight excluding hydrogens is 384 g/mol. The molecule has 1 heterocycles. The summed E-state index contributed by atoms with van der Waals surface area (Å²) in [6.07, 6.45) is 13.1. The summed E-state index contributed by atoms with van der Waals surface area (Å²) in [5, 5.41) is 3.71. The molecule has 0 unspecified atom stereocenters. The van der Waals surface area contributed by atoms with E-state index in [2.05, 4.69) is 15.1 Å². The number of hydrogen-bond donors (Lipinski definition) is 1. The number of aromatic nitrogens is 2. The van der Waals surface area contributed by atoms with Crippen molar-refractivity contribution in [2.45, 2.75) is 84.2 Å². The van der Waals surface area contributed by atoms with Crippen LogP contribution in [0.15, 0.2) is 23.9 Å². The summed E-state index contributed by atoms with van der Waals surface area (Å²) in [6.45, 7) is 5.40. The number of rotatable bonds is 9. The third kappa shape index (κ3) is 8.88. The van der Waals surface area contributed by atoms with Gasteiger partial charge >= 0.3 is 11.9 Å². The topological polar surface area (TPSA) is 117 Å². The molecule has 0 aliphatic heterocycles. The highest BCUT2D eigenvalue weighted by Crippen LogP contribution is 2.29. The molecular formula is C22H34N4O4. The molecule has 1 aliphatic rings. The molecule has 1 aromatic heterocycles. The predicted octanol–water partition coefficient (Wildman–Crippen LogP) is 3.74. The molecule has 8 nitrogen and oxygen atoms in total. The fourth-order valence-electron chi connectivity index (χ4n) is 3.67. The molecule has 166 valence electrons. The van der Waals surface area contributed by atoms with E-state index in [0.29, 0.717) is 17.9 Å². The van der Waals surface area contributed by atoms with Crippen LogP contribution in [0, 0.1) is 11.8 Å². The molecule has 0 aromatic carbocycles. The molecule has 1 saturated carbocycles. The summed E-state index contributed by atoms with van der Waals surface area (Å²) < 4.78 is 5.39. The molecule has 2 N–H and O–H groups in total. The van der Waals surface area contributed by atoms with Gasteiger partial charge in [-0.25, -0.2) is 14.8 Å². The highest BCUT2D eigenvalue weighted by atomic mass is 16.7. The summed E-state index contributed by atoms with van der Waals surface area (Å²) in [7, 11) is 0. The van der Waals surface area contributed by atoms with Crippen LogP contribution in [-0.4, -0.2) is 33.3 Å². The van der Waals surface area contributed by atoms with Gasteiger partial charge in [-0.1, -0.05) is 50.1 Å². The van der Waals surface area contributed by atoms with Crippen LogP contribution in [0.5, 0.6) is 0 Å². The van der Waals surface area contributed by atoms with Crippen molar-refractivity contribution in [1.29, 1.82) is 0 Å². The Hall–Kier alpha value is -2.51. The number of carbonyl (C=O) groups excluding carboxylic acids is 2. The van der Waals surface area contributed by atoms with E-state index in [-0.39, 0.29) is 12.3 Å². The number of ether oxygens (including phenoxy) is 1. The van der Waals surface area contributed by atoms with Gasteiger partial charge in [0.15, 0.2) is 5.84 Å². The summed E-state index contributed by atoms with van der Waals surface area (Å²) in [6, 6.07) is 0. The summed E-state index contributed by atoms with van der Waals surface area (Å²) >= 11 is 0. The maximum absolute atomic E-state index is 12.6. The van der Waals surface area contributed by atoms with Gasteiger partial charge < -0.3 is 15.3 Å². The van der Waals surface area contributed by atoms with Gasteiger partial charge in [-0.15, -0.1) is 0 Å². The van der Waals surface area contributed by atoms with Crippen LogP contribution in [0.1, 0.15) is 84.1 Å². The molecule has 0 spiro atoms. The van der Waals surface area contributed by atoms with Gasteiger partial charge in [0.25, 0.3) is 0 Å². The van der Waals surface area contributed by atoms with Crippen molar-refractivity contribution in [3.63, 3.8) is 0 Å². The number of carbonyl (C=O) groups is 2. The number of amidine groups is 1. The lowest BCUT2D eigenvalue weighted by atomic mass is 9.84. The third-order valence-electron chi connectivity index (χ3n) is 5.15. The van der Waals surface area contributed by atoms with Gasteiger partial charge in [-0.2, -0.15) is 0 Å². The van der Waals surface area contributed by atoms with Crippen molar-refractivity contribution in [3.8, 4) is 0 Å². The molecule has 1 fully saturated rings. The first kappa shape index (κ1) is 23.8. The highest BCUT2D eigenvalue weighted by Gasteiger charge is 2.27. The molecule has 0 saturated heterocycles. The Morgan fingerprint density at radius 2 is 1.87 bits per heavy atom. The summed E-state index contributed by atoms with van der Waals surface area (Å²) in [5.41, 5.74) is 5.67. The smallest absolute Gasteiger partial charge is 0.338 e. The minimum atomic E-state index is -0.619. The summed E-state index contributed by atoms with van der Waals surface area (Å²) in [4.78, 5) is 37.7. The van der Waals surface area contributed by atoms with Crippen LogP contribution in [0.4, 0.5) is 0 Å². The zero-order chi connectivity index (χ0) is 22.0. The zero-order valence-corrected chi connectivity index (χ0v) is 18.3. The normalized spacial score (nSPS) is 16.7. The number of nitrogens with two attached hydrogens (primary N) is 1. The van der Waals surface area contributed by atoms with Crippen molar-refractivity contribution in [2.24, 2.45) is 22.7 Å². The number of hydrogen-bond acceptors (Lipinski definition) is 7. The van der Waals surface area contributed by atoms with Crippen LogP contribution in [-0.2, 0) is 19.2 Å². The van der Waals surface area contributed by atoms with Gasteiger partial charge in [0.05, 0.1) is 17.9 Å². The minimum Gasteiger partial charge on any atom is -0.460 e. The Balaban J connectivity index is 1.95. The first-order valence-corrected chi connectivity index (χ1v) is 10.8. The van der Waals surface area contributed by atoms with Crippen molar-refractivity contribution in [2.75, 3.05) is 0 Å². The molecule has 30 heavy (non-hydrogen) atoms. The Kier molecular flexibility index (Phi) is 9.20. The lowest BCUT2D eigenvalue weighted by Gasteiger charge is -2.23. The minimum absolute atomic E-state index is 0.00201.